The van der Waals surface area contributed by atoms with E-state index in [1.807, 2.05) is 43.3 Å². The molecule has 0 fully saturated rings. The molecule has 2 aromatic carbocycles. The number of amides is 1. The molecule has 4 aromatic rings. The second kappa shape index (κ2) is 10.3. The van der Waals surface area contributed by atoms with Crippen LogP contribution in [0.2, 0.25) is 0 Å². The van der Waals surface area contributed by atoms with Gasteiger partial charge in [0.2, 0.25) is 5.91 Å². The van der Waals surface area contributed by atoms with Gasteiger partial charge in [0.1, 0.15) is 11.3 Å². The summed E-state index contributed by atoms with van der Waals surface area (Å²) in [6.07, 6.45) is 1.76. The number of carboxylic acid groups (broad SMARTS) is 1. The van der Waals surface area contributed by atoms with E-state index >= 15 is 0 Å². The fraction of sp³-hybridized carbons (Fsp3) is 0.231. The van der Waals surface area contributed by atoms with Crippen molar-refractivity contribution in [1.29, 1.82) is 0 Å². The lowest BCUT2D eigenvalue weighted by Gasteiger charge is -2.18. The zero-order valence-corrected chi connectivity index (χ0v) is 19.7. The van der Waals surface area contributed by atoms with Gasteiger partial charge in [-0.2, -0.15) is 4.98 Å². The van der Waals surface area contributed by atoms with E-state index in [2.05, 4.69) is 15.3 Å². The molecule has 2 N–H and O–H groups in total. The number of hydrogen-bond donors (Lipinski definition) is 2. The van der Waals surface area contributed by atoms with E-state index in [0.717, 1.165) is 17.0 Å². The van der Waals surface area contributed by atoms with E-state index in [4.69, 9.17) is 14.3 Å². The summed E-state index contributed by atoms with van der Waals surface area (Å²) in [7, 11) is 3.29. The Morgan fingerprint density at radius 3 is 2.71 bits per heavy atom. The average molecular weight is 475 g/mol. The lowest BCUT2D eigenvalue weighted by Crippen LogP contribution is -2.28. The Kier molecular flexibility index (Phi) is 6.96. The lowest BCUT2D eigenvalue weighted by molar-refractivity contribution is -0.137. The van der Waals surface area contributed by atoms with Crippen molar-refractivity contribution in [3.05, 3.63) is 72.1 Å². The maximum atomic E-state index is 12.9. The number of nitrogens with one attached hydrogen (secondary N) is 1. The number of benzene rings is 2. The molecule has 0 bridgehead atoms. The molecule has 0 saturated carbocycles. The number of anilines is 3. The summed E-state index contributed by atoms with van der Waals surface area (Å²) < 4.78 is 11.1. The van der Waals surface area contributed by atoms with Crippen LogP contribution in [0.1, 0.15) is 30.5 Å². The number of aliphatic carboxylic acids is 1. The second-order valence-corrected chi connectivity index (χ2v) is 8.25. The van der Waals surface area contributed by atoms with Crippen LogP contribution in [0.15, 0.2) is 65.2 Å². The highest BCUT2D eigenvalue weighted by Crippen LogP contribution is 2.26. The van der Waals surface area contributed by atoms with Gasteiger partial charge in [0.05, 0.1) is 31.8 Å². The van der Waals surface area contributed by atoms with Crippen molar-refractivity contribution in [2.45, 2.75) is 25.7 Å². The van der Waals surface area contributed by atoms with E-state index in [-0.39, 0.29) is 24.7 Å². The first-order chi connectivity index (χ1) is 16.8. The Hall–Kier alpha value is -4.40. The standard InChI is InChI=1S/C26H26N4O5/c1-16(11-25(32)33)21-10-8-19(15-27-21)30(2)24(31)13-17-7-9-22-23(12-17)35-26(29-22)28-18-5-4-6-20(14-18)34-3/h4-10,12,14-16H,11,13H2,1-3H3,(H,28,29)(H,32,33). The zero-order chi connectivity index (χ0) is 24.9. The molecule has 9 heteroatoms. The van der Waals surface area contributed by atoms with Crippen molar-refractivity contribution < 1.29 is 23.8 Å². The Balaban J connectivity index is 1.43. The number of methoxy groups -OCH3 is 1. The molecule has 0 radical (unpaired) electrons. The molecule has 180 valence electrons. The van der Waals surface area contributed by atoms with Crippen LogP contribution in [0.25, 0.3) is 11.1 Å². The van der Waals surface area contributed by atoms with Gasteiger partial charge in [-0.1, -0.05) is 19.1 Å². The highest BCUT2D eigenvalue weighted by Gasteiger charge is 2.16. The number of nitrogens with zero attached hydrogens (tertiary/aromatic N) is 3. The van der Waals surface area contributed by atoms with Crippen LogP contribution >= 0.6 is 0 Å². The SMILES string of the molecule is COc1cccc(Nc2nc3ccc(CC(=O)N(C)c4ccc(C(C)CC(=O)O)nc4)cc3o2)c1. The number of aromatic nitrogens is 2. The van der Waals surface area contributed by atoms with Crippen LogP contribution < -0.4 is 15.0 Å². The van der Waals surface area contributed by atoms with E-state index in [0.29, 0.717) is 28.5 Å². The van der Waals surface area contributed by atoms with Crippen molar-refractivity contribution in [2.75, 3.05) is 24.4 Å². The van der Waals surface area contributed by atoms with Crippen LogP contribution in [-0.2, 0) is 16.0 Å². The molecular weight excluding hydrogens is 448 g/mol. The molecular formula is C26H26N4O5. The Morgan fingerprint density at radius 2 is 2.00 bits per heavy atom. The van der Waals surface area contributed by atoms with Crippen LogP contribution in [0, 0.1) is 0 Å². The molecule has 1 unspecified atom stereocenters. The number of carbonyl (C=O) groups excluding carboxylic acids is 1. The maximum absolute atomic E-state index is 12.9. The number of oxazole rings is 1. The minimum Gasteiger partial charge on any atom is -0.497 e. The number of hydrogen-bond acceptors (Lipinski definition) is 7. The predicted octanol–water partition coefficient (Wildman–Crippen LogP) is 4.76. The monoisotopic (exact) mass is 474 g/mol. The predicted molar refractivity (Wildman–Crippen MR) is 132 cm³/mol. The van der Waals surface area contributed by atoms with Crippen LogP contribution in [0.4, 0.5) is 17.4 Å². The van der Waals surface area contributed by atoms with Gasteiger partial charge in [-0.25, -0.2) is 0 Å². The van der Waals surface area contributed by atoms with E-state index in [1.54, 1.807) is 38.6 Å². The highest BCUT2D eigenvalue weighted by molar-refractivity contribution is 5.94. The minimum atomic E-state index is -0.873. The van der Waals surface area contributed by atoms with E-state index < -0.39 is 5.97 Å². The molecule has 1 amide bonds. The number of carbonyl (C=O) groups is 2. The first-order valence-corrected chi connectivity index (χ1v) is 11.1. The van der Waals surface area contributed by atoms with Gasteiger partial charge in [-0.15, -0.1) is 0 Å². The second-order valence-electron chi connectivity index (χ2n) is 8.25. The van der Waals surface area contributed by atoms with Gasteiger partial charge in [0.15, 0.2) is 5.58 Å². The average Bonchev–Trinajstić information content (AvgIpc) is 3.24. The topological polar surface area (TPSA) is 118 Å². The first-order valence-electron chi connectivity index (χ1n) is 11.1. The van der Waals surface area contributed by atoms with Crippen LogP contribution in [0.3, 0.4) is 0 Å². The number of pyridine rings is 1. The Bertz CT molecular complexity index is 1350. The first kappa shape index (κ1) is 23.7. The molecule has 1 atom stereocenters. The third-order valence-electron chi connectivity index (χ3n) is 5.65. The summed E-state index contributed by atoms with van der Waals surface area (Å²) in [6, 6.07) is 16.8. The molecule has 0 aliphatic carbocycles. The van der Waals surface area contributed by atoms with Gasteiger partial charge in [-0.3, -0.25) is 14.6 Å². The van der Waals surface area contributed by atoms with Crippen LogP contribution in [0.5, 0.6) is 5.75 Å². The largest absolute Gasteiger partial charge is 0.497 e. The van der Waals surface area contributed by atoms with Crippen molar-refractivity contribution in [1.82, 2.24) is 9.97 Å². The number of carboxylic acids is 1. The van der Waals surface area contributed by atoms with Gasteiger partial charge < -0.3 is 24.5 Å². The molecule has 0 aliphatic rings. The molecule has 0 spiro atoms. The van der Waals surface area contributed by atoms with Gasteiger partial charge in [-0.05, 0) is 42.0 Å². The van der Waals surface area contributed by atoms with Gasteiger partial charge in [0, 0.05) is 30.4 Å². The third-order valence-corrected chi connectivity index (χ3v) is 5.65. The molecule has 2 aromatic heterocycles. The fourth-order valence-corrected chi connectivity index (χ4v) is 3.65. The number of rotatable bonds is 9. The quantitative estimate of drug-likeness (QED) is 0.357. The summed E-state index contributed by atoms with van der Waals surface area (Å²) >= 11 is 0. The number of fused-ring (bicyclic) bond motifs is 1. The molecule has 35 heavy (non-hydrogen) atoms. The fourth-order valence-electron chi connectivity index (χ4n) is 3.65. The number of ether oxygens (including phenoxy) is 1. The molecule has 9 nitrogen and oxygen atoms in total. The van der Waals surface area contributed by atoms with Crippen molar-refractivity contribution in [2.24, 2.45) is 0 Å². The van der Waals surface area contributed by atoms with Gasteiger partial charge in [0.25, 0.3) is 6.01 Å². The summed E-state index contributed by atoms with van der Waals surface area (Å²) in [5.41, 5.74) is 4.12. The van der Waals surface area contributed by atoms with Crippen molar-refractivity contribution in [3.63, 3.8) is 0 Å². The molecule has 0 saturated heterocycles. The smallest absolute Gasteiger partial charge is 0.304 e. The minimum absolute atomic E-state index is 0.00199. The normalized spacial score (nSPS) is 11.7. The van der Waals surface area contributed by atoms with Gasteiger partial charge >= 0.3 is 5.97 Å². The van der Waals surface area contributed by atoms with Crippen molar-refractivity contribution >= 4 is 40.4 Å². The lowest BCUT2D eigenvalue weighted by atomic mass is 10.0. The Labute approximate surface area is 202 Å². The summed E-state index contributed by atoms with van der Waals surface area (Å²) in [5, 5.41) is 12.1. The van der Waals surface area contributed by atoms with Crippen molar-refractivity contribution in [3.8, 4) is 5.75 Å². The third kappa shape index (κ3) is 5.75. The summed E-state index contributed by atoms with van der Waals surface area (Å²) in [6.45, 7) is 1.81. The van der Waals surface area contributed by atoms with E-state index in [1.165, 1.54) is 4.90 Å². The van der Waals surface area contributed by atoms with Crippen LogP contribution in [-0.4, -0.2) is 41.1 Å². The number of likely N-dealkylation sites (N-methyl/N-ethyl adjacent to an activating group) is 1. The molecule has 0 aliphatic heterocycles. The van der Waals surface area contributed by atoms with E-state index in [9.17, 15) is 9.59 Å². The summed E-state index contributed by atoms with van der Waals surface area (Å²) in [5.74, 6) is -0.482. The maximum Gasteiger partial charge on any atom is 0.304 e. The zero-order valence-electron chi connectivity index (χ0n) is 19.7. The highest BCUT2D eigenvalue weighted by atomic mass is 16.5. The molecule has 4 rings (SSSR count). The summed E-state index contributed by atoms with van der Waals surface area (Å²) in [4.78, 5) is 34.1. The molecule has 2 heterocycles. The Morgan fingerprint density at radius 1 is 1.17 bits per heavy atom.